The van der Waals surface area contributed by atoms with E-state index in [4.69, 9.17) is 0 Å². The van der Waals surface area contributed by atoms with E-state index in [1.165, 1.54) is 12.4 Å². The minimum absolute atomic E-state index is 0. The van der Waals surface area contributed by atoms with Gasteiger partial charge in [-0.1, -0.05) is 6.07 Å². The van der Waals surface area contributed by atoms with Crippen molar-refractivity contribution in [1.82, 2.24) is 0 Å². The normalized spacial score (nSPS) is 7.50. The summed E-state index contributed by atoms with van der Waals surface area (Å²) >= 11 is 0. The summed E-state index contributed by atoms with van der Waals surface area (Å²) in [4.78, 5) is 0. The molecule has 0 fully saturated rings. The van der Waals surface area contributed by atoms with Gasteiger partial charge in [-0.15, -0.1) is 0 Å². The molecule has 0 aromatic carbocycles. The fraction of sp³-hybridized carbons (Fsp3) is 0. The van der Waals surface area contributed by atoms with Crippen LogP contribution in [0.15, 0.2) is 30.6 Å². The molecule has 0 bridgehead atoms. The van der Waals surface area contributed by atoms with Gasteiger partial charge in [0, 0.05) is 12.1 Å². The Kier molecular flexibility index (Phi) is 3.87. The zero-order chi connectivity index (χ0) is 5.11. The van der Waals surface area contributed by atoms with Crippen molar-refractivity contribution in [2.75, 3.05) is 0 Å². The van der Waals surface area contributed by atoms with Gasteiger partial charge in [-0.25, -0.2) is 0 Å². The number of hydrogen-bond donors (Lipinski definition) is 0. The molecule has 0 N–H and O–H groups in total. The van der Waals surface area contributed by atoms with Gasteiger partial charge in [0.15, 0.2) is 12.4 Å². The molecule has 0 spiro atoms. The summed E-state index contributed by atoms with van der Waals surface area (Å²) < 4.78 is 0.750. The molecule has 1 heterocycles. The molecule has 0 radical (unpaired) electrons. The van der Waals surface area contributed by atoms with Gasteiger partial charge in [-0.2, -0.15) is 4.73 Å². The monoisotopic (exact) mass is 119 g/mol. The Labute approximate surface area is 70.0 Å². The molecule has 0 amide bonds. The summed E-state index contributed by atoms with van der Waals surface area (Å²) in [5.41, 5.74) is 0. The van der Waals surface area contributed by atoms with Gasteiger partial charge in [0.2, 0.25) is 0 Å². The zero-order valence-corrected chi connectivity index (χ0v) is 3.74. The molecule has 0 aliphatic heterocycles. The summed E-state index contributed by atoms with van der Waals surface area (Å²) in [6.45, 7) is 0. The minimum atomic E-state index is 0. The third kappa shape index (κ3) is 2.31. The fourth-order valence-corrected chi connectivity index (χ4v) is 0.383. The van der Waals surface area contributed by atoms with E-state index in [2.05, 4.69) is 0 Å². The number of rotatable bonds is 0. The van der Waals surface area contributed by atoms with E-state index in [1.807, 2.05) is 0 Å². The second-order valence-corrected chi connectivity index (χ2v) is 1.24. The van der Waals surface area contributed by atoms with Crippen LogP contribution in [0.25, 0.3) is 0 Å². The van der Waals surface area contributed by atoms with Crippen molar-refractivity contribution < 1.29 is 4.73 Å². The Balaban J connectivity index is 0.000000490. The number of nitrogens with zero attached hydrogens (tertiary/aromatic N) is 1. The molecule has 1 aromatic rings. The van der Waals surface area contributed by atoms with Gasteiger partial charge in [0.05, 0.1) is 0 Å². The van der Waals surface area contributed by atoms with Gasteiger partial charge in [0.25, 0.3) is 0 Å². The summed E-state index contributed by atoms with van der Waals surface area (Å²) in [5, 5.41) is 10.2. The van der Waals surface area contributed by atoms with E-state index in [1.54, 1.807) is 18.2 Å². The van der Waals surface area contributed by atoms with Crippen molar-refractivity contribution >= 4 is 29.6 Å². The van der Waals surface area contributed by atoms with E-state index >= 15 is 0 Å². The Morgan fingerprint density at radius 3 is 1.75 bits per heavy atom. The summed E-state index contributed by atoms with van der Waals surface area (Å²) in [7, 11) is 0. The van der Waals surface area contributed by atoms with Crippen LogP contribution in [0.2, 0.25) is 0 Å². The average molecular weight is 119 g/mol. The van der Waals surface area contributed by atoms with Crippen LogP contribution in [0.4, 0.5) is 0 Å². The quantitative estimate of drug-likeness (QED) is 0.261. The molecular formula is C5H6NNaO. The van der Waals surface area contributed by atoms with E-state index in [0.717, 1.165) is 4.73 Å². The maximum atomic E-state index is 10.2. The smallest absolute Gasteiger partial charge is 0.180 e. The van der Waals surface area contributed by atoms with Crippen molar-refractivity contribution in [3.8, 4) is 0 Å². The van der Waals surface area contributed by atoms with E-state index in [9.17, 15) is 5.21 Å². The van der Waals surface area contributed by atoms with Crippen molar-refractivity contribution in [2.45, 2.75) is 0 Å². The summed E-state index contributed by atoms with van der Waals surface area (Å²) in [6.07, 6.45) is 2.89. The first kappa shape index (κ1) is 7.95. The molecule has 3 heteroatoms. The first-order chi connectivity index (χ1) is 3.39. The number of hydrogen-bond acceptors (Lipinski definition) is 1. The molecule has 0 saturated heterocycles. The van der Waals surface area contributed by atoms with Gasteiger partial charge >= 0.3 is 29.6 Å². The fourth-order valence-electron chi connectivity index (χ4n) is 0.383. The van der Waals surface area contributed by atoms with E-state index in [0.29, 0.717) is 0 Å². The second kappa shape index (κ2) is 3.89. The molecule has 0 atom stereocenters. The first-order valence-electron chi connectivity index (χ1n) is 2.03. The average Bonchev–Trinajstić information content (AvgIpc) is 1.69. The Morgan fingerprint density at radius 1 is 1.00 bits per heavy atom. The summed E-state index contributed by atoms with van der Waals surface area (Å²) in [6, 6.07) is 5.18. The first-order valence-corrected chi connectivity index (χ1v) is 2.03. The molecule has 1 aromatic heterocycles. The Bertz CT molecular complexity index is 142. The third-order valence-electron chi connectivity index (χ3n) is 0.688. The van der Waals surface area contributed by atoms with Crippen LogP contribution in [0.5, 0.6) is 0 Å². The minimum Gasteiger partial charge on any atom is -0.619 e. The standard InChI is InChI=1S/C5H5NO.Na.H/c7-6-4-2-1-3-5-6;;/h1-5H;;. The molecule has 8 heavy (non-hydrogen) atoms. The van der Waals surface area contributed by atoms with Crippen LogP contribution in [0.3, 0.4) is 0 Å². The van der Waals surface area contributed by atoms with E-state index < -0.39 is 0 Å². The molecule has 1 rings (SSSR count). The predicted molar refractivity (Wildman–Crippen MR) is 32.6 cm³/mol. The van der Waals surface area contributed by atoms with Gasteiger partial charge in [-0.3, -0.25) is 0 Å². The summed E-state index contributed by atoms with van der Waals surface area (Å²) in [5.74, 6) is 0. The van der Waals surface area contributed by atoms with Crippen LogP contribution in [0, 0.1) is 5.21 Å². The van der Waals surface area contributed by atoms with Crippen molar-refractivity contribution in [3.05, 3.63) is 35.8 Å². The predicted octanol–water partition coefficient (Wildman–Crippen LogP) is -0.329. The van der Waals surface area contributed by atoms with E-state index in [-0.39, 0.29) is 29.6 Å². The molecule has 0 saturated carbocycles. The largest absolute Gasteiger partial charge is 0.619 e. The third-order valence-corrected chi connectivity index (χ3v) is 0.688. The van der Waals surface area contributed by atoms with Crippen molar-refractivity contribution in [2.24, 2.45) is 0 Å². The maximum Gasteiger partial charge on any atom is 0.180 e. The molecule has 2 nitrogen and oxygen atoms in total. The van der Waals surface area contributed by atoms with Crippen LogP contribution in [0.1, 0.15) is 0 Å². The molecule has 0 aliphatic rings. The topological polar surface area (TPSA) is 26.9 Å². The molecule has 38 valence electrons. The second-order valence-electron chi connectivity index (χ2n) is 1.24. The Morgan fingerprint density at radius 2 is 1.50 bits per heavy atom. The van der Waals surface area contributed by atoms with Crippen molar-refractivity contribution in [1.29, 1.82) is 0 Å². The van der Waals surface area contributed by atoms with Gasteiger partial charge < -0.3 is 5.21 Å². The van der Waals surface area contributed by atoms with Crippen LogP contribution >= 0.6 is 0 Å². The van der Waals surface area contributed by atoms with Gasteiger partial charge in [-0.05, 0) is 0 Å². The van der Waals surface area contributed by atoms with Crippen LogP contribution in [-0.2, 0) is 0 Å². The number of pyridine rings is 1. The Hall–Kier alpha value is -0.0500. The maximum absolute atomic E-state index is 10.2. The van der Waals surface area contributed by atoms with Crippen molar-refractivity contribution in [3.63, 3.8) is 0 Å². The number of aromatic nitrogens is 1. The van der Waals surface area contributed by atoms with Crippen LogP contribution < -0.4 is 4.73 Å². The van der Waals surface area contributed by atoms with Gasteiger partial charge in [0.1, 0.15) is 0 Å². The zero-order valence-electron chi connectivity index (χ0n) is 3.74. The molecule has 0 unspecified atom stereocenters. The van der Waals surface area contributed by atoms with Crippen LogP contribution in [-0.4, -0.2) is 29.6 Å². The molecular weight excluding hydrogens is 113 g/mol. The SMILES string of the molecule is [NaH].[O-][n+]1ccccc1. The molecule has 0 aliphatic carbocycles.